The van der Waals surface area contributed by atoms with Crippen LogP contribution >= 0.6 is 24.0 Å². The number of aliphatic imine (C=N–C) groups is 1. The molecule has 0 unspecified atom stereocenters. The number of hydrogen-bond acceptors (Lipinski definition) is 6. The summed E-state index contributed by atoms with van der Waals surface area (Å²) in [6, 6.07) is 11.9. The molecule has 0 saturated heterocycles. The molecule has 3 rings (SSSR count). The van der Waals surface area contributed by atoms with E-state index in [2.05, 4.69) is 20.6 Å². The van der Waals surface area contributed by atoms with Crippen molar-refractivity contribution in [2.75, 3.05) is 27.9 Å². The van der Waals surface area contributed by atoms with E-state index >= 15 is 0 Å². The second-order valence-corrected chi connectivity index (χ2v) is 7.05. The molecule has 0 amide bonds. The van der Waals surface area contributed by atoms with Crippen molar-refractivity contribution in [1.29, 1.82) is 0 Å². The molecule has 2 aromatic carbocycles. The third-order valence-electron chi connectivity index (χ3n) is 4.78. The molecule has 3 aromatic rings. The van der Waals surface area contributed by atoms with Gasteiger partial charge in [-0.25, -0.2) is 4.98 Å². The Morgan fingerprint density at radius 3 is 2.24 bits per heavy atom. The Kier molecular flexibility index (Phi) is 10.3. The highest BCUT2D eigenvalue weighted by Crippen LogP contribution is 2.38. The summed E-state index contributed by atoms with van der Waals surface area (Å²) in [5.74, 6) is 3.07. The highest BCUT2D eigenvalue weighted by molar-refractivity contribution is 14.0. The summed E-state index contributed by atoms with van der Waals surface area (Å²) in [4.78, 5) is 8.82. The first kappa shape index (κ1) is 26.3. The SMILES string of the molecule is CCOc1c(OC)cc(CNC(=NC)NCc2coc(-c3ccc(C)cc3)n2)cc1OC.I. The lowest BCUT2D eigenvalue weighted by Crippen LogP contribution is -2.36. The highest BCUT2D eigenvalue weighted by atomic mass is 127. The minimum Gasteiger partial charge on any atom is -0.493 e. The number of benzene rings is 2. The summed E-state index contributed by atoms with van der Waals surface area (Å²) < 4.78 is 22.2. The van der Waals surface area contributed by atoms with Gasteiger partial charge in [-0.2, -0.15) is 0 Å². The van der Waals surface area contributed by atoms with Gasteiger partial charge >= 0.3 is 0 Å². The van der Waals surface area contributed by atoms with Crippen LogP contribution in [0.2, 0.25) is 0 Å². The van der Waals surface area contributed by atoms with Crippen LogP contribution in [0.3, 0.4) is 0 Å². The predicted molar refractivity (Wildman–Crippen MR) is 140 cm³/mol. The third-order valence-corrected chi connectivity index (χ3v) is 4.78. The van der Waals surface area contributed by atoms with Gasteiger partial charge in [0.2, 0.25) is 11.6 Å². The van der Waals surface area contributed by atoms with E-state index in [1.54, 1.807) is 27.5 Å². The van der Waals surface area contributed by atoms with Crippen molar-refractivity contribution in [2.45, 2.75) is 26.9 Å². The molecular weight excluding hydrogens is 535 g/mol. The van der Waals surface area contributed by atoms with E-state index in [-0.39, 0.29) is 24.0 Å². The van der Waals surface area contributed by atoms with E-state index in [0.29, 0.717) is 48.8 Å². The van der Waals surface area contributed by atoms with Gasteiger partial charge in [0.1, 0.15) is 6.26 Å². The molecule has 33 heavy (non-hydrogen) atoms. The van der Waals surface area contributed by atoms with Crippen molar-refractivity contribution in [3.05, 3.63) is 59.5 Å². The molecule has 0 aliphatic rings. The Morgan fingerprint density at radius 1 is 1.03 bits per heavy atom. The van der Waals surface area contributed by atoms with Gasteiger partial charge in [0.25, 0.3) is 0 Å². The van der Waals surface area contributed by atoms with Crippen LogP contribution in [0.25, 0.3) is 11.5 Å². The normalized spacial score (nSPS) is 10.9. The van der Waals surface area contributed by atoms with E-state index in [1.165, 1.54) is 5.56 Å². The zero-order valence-corrected chi connectivity index (χ0v) is 21.9. The lowest BCUT2D eigenvalue weighted by Gasteiger charge is -2.16. The standard InChI is InChI=1S/C24H30N4O4.HI/c1-6-31-22-20(29-4)11-17(12-21(22)30-5)13-26-24(25-3)27-14-19-15-32-23(28-19)18-9-7-16(2)8-10-18;/h7-12,15H,6,13-14H2,1-5H3,(H2,25,26,27);1H. The van der Waals surface area contributed by atoms with Crippen LogP contribution in [-0.4, -0.2) is 38.8 Å². The Bertz CT molecular complexity index is 1030. The molecular formula is C24H31IN4O4. The number of nitrogens with zero attached hydrogens (tertiary/aromatic N) is 2. The number of aryl methyl sites for hydroxylation is 1. The van der Waals surface area contributed by atoms with E-state index in [0.717, 1.165) is 16.8 Å². The molecule has 0 spiro atoms. The van der Waals surface area contributed by atoms with E-state index in [1.807, 2.05) is 50.2 Å². The van der Waals surface area contributed by atoms with Crippen LogP contribution in [0.15, 0.2) is 52.1 Å². The van der Waals surface area contributed by atoms with Gasteiger partial charge in [-0.3, -0.25) is 4.99 Å². The van der Waals surface area contributed by atoms with Crippen LogP contribution < -0.4 is 24.8 Å². The van der Waals surface area contributed by atoms with E-state index in [9.17, 15) is 0 Å². The highest BCUT2D eigenvalue weighted by Gasteiger charge is 2.14. The first-order valence-corrected chi connectivity index (χ1v) is 10.4. The second-order valence-electron chi connectivity index (χ2n) is 7.05. The topological polar surface area (TPSA) is 90.1 Å². The lowest BCUT2D eigenvalue weighted by atomic mass is 10.1. The molecule has 0 aliphatic carbocycles. The monoisotopic (exact) mass is 566 g/mol. The van der Waals surface area contributed by atoms with Gasteiger partial charge in [-0.1, -0.05) is 17.7 Å². The molecule has 178 valence electrons. The van der Waals surface area contributed by atoms with Crippen LogP contribution in [0, 0.1) is 6.92 Å². The summed E-state index contributed by atoms with van der Waals surface area (Å²) in [5.41, 5.74) is 3.89. The molecule has 8 nitrogen and oxygen atoms in total. The van der Waals surface area contributed by atoms with Crippen molar-refractivity contribution < 1.29 is 18.6 Å². The number of guanidine groups is 1. The van der Waals surface area contributed by atoms with Crippen molar-refractivity contribution in [2.24, 2.45) is 4.99 Å². The summed E-state index contributed by atoms with van der Waals surface area (Å²) >= 11 is 0. The third kappa shape index (κ3) is 7.01. The zero-order valence-electron chi connectivity index (χ0n) is 19.6. The first-order chi connectivity index (χ1) is 15.6. The Labute approximate surface area is 211 Å². The van der Waals surface area contributed by atoms with Crippen molar-refractivity contribution in [3.63, 3.8) is 0 Å². The Hall–Kier alpha value is -2.95. The molecule has 0 bridgehead atoms. The van der Waals surface area contributed by atoms with Crippen LogP contribution in [0.1, 0.15) is 23.7 Å². The molecule has 0 aliphatic heterocycles. The lowest BCUT2D eigenvalue weighted by molar-refractivity contribution is 0.288. The average molecular weight is 566 g/mol. The Morgan fingerprint density at radius 2 is 1.67 bits per heavy atom. The zero-order chi connectivity index (χ0) is 22.9. The van der Waals surface area contributed by atoms with Gasteiger partial charge < -0.3 is 29.3 Å². The molecule has 0 atom stereocenters. The van der Waals surface area contributed by atoms with Crippen molar-refractivity contribution in [1.82, 2.24) is 15.6 Å². The van der Waals surface area contributed by atoms with Crippen molar-refractivity contribution >= 4 is 29.9 Å². The number of oxazole rings is 1. The van der Waals surface area contributed by atoms with Crippen LogP contribution in [0.4, 0.5) is 0 Å². The Balaban J connectivity index is 0.00000385. The van der Waals surface area contributed by atoms with Crippen LogP contribution in [-0.2, 0) is 13.1 Å². The molecule has 1 aromatic heterocycles. The van der Waals surface area contributed by atoms with Crippen molar-refractivity contribution in [3.8, 4) is 28.7 Å². The van der Waals surface area contributed by atoms with Crippen LogP contribution in [0.5, 0.6) is 17.2 Å². The predicted octanol–water partition coefficient (Wildman–Crippen LogP) is 4.55. The fourth-order valence-corrected chi connectivity index (χ4v) is 3.12. The molecule has 1 heterocycles. The summed E-state index contributed by atoms with van der Waals surface area (Å²) in [5, 5.41) is 6.53. The van der Waals surface area contributed by atoms with E-state index < -0.39 is 0 Å². The number of hydrogen-bond donors (Lipinski definition) is 2. The summed E-state index contributed by atoms with van der Waals surface area (Å²) in [6.07, 6.45) is 1.65. The maximum absolute atomic E-state index is 5.66. The number of ether oxygens (including phenoxy) is 3. The van der Waals surface area contributed by atoms with Gasteiger partial charge in [0.05, 0.1) is 33.1 Å². The van der Waals surface area contributed by atoms with E-state index in [4.69, 9.17) is 18.6 Å². The molecule has 9 heteroatoms. The van der Waals surface area contributed by atoms with Gasteiger partial charge in [-0.05, 0) is 43.7 Å². The van der Waals surface area contributed by atoms with Gasteiger partial charge in [-0.15, -0.1) is 24.0 Å². The first-order valence-electron chi connectivity index (χ1n) is 10.4. The second kappa shape index (κ2) is 12.9. The molecule has 0 fully saturated rings. The minimum atomic E-state index is 0. The quantitative estimate of drug-likeness (QED) is 0.223. The number of rotatable bonds is 9. The largest absolute Gasteiger partial charge is 0.493 e. The number of aromatic nitrogens is 1. The number of nitrogens with one attached hydrogen (secondary N) is 2. The molecule has 0 saturated carbocycles. The smallest absolute Gasteiger partial charge is 0.226 e. The molecule has 2 N–H and O–H groups in total. The summed E-state index contributed by atoms with van der Waals surface area (Å²) in [7, 11) is 4.94. The summed E-state index contributed by atoms with van der Waals surface area (Å²) in [6.45, 7) is 5.49. The van der Waals surface area contributed by atoms with Gasteiger partial charge in [0.15, 0.2) is 17.5 Å². The number of halogens is 1. The maximum Gasteiger partial charge on any atom is 0.226 e. The van der Waals surface area contributed by atoms with Gasteiger partial charge in [0, 0.05) is 19.2 Å². The molecule has 0 radical (unpaired) electrons. The fourth-order valence-electron chi connectivity index (χ4n) is 3.12. The average Bonchev–Trinajstić information content (AvgIpc) is 3.29. The number of methoxy groups -OCH3 is 2. The maximum atomic E-state index is 5.66. The minimum absolute atomic E-state index is 0. The fraction of sp³-hybridized carbons (Fsp3) is 0.333.